The summed E-state index contributed by atoms with van der Waals surface area (Å²) in [4.78, 5) is 48.9. The third-order valence-corrected chi connectivity index (χ3v) is 9.35. The summed E-state index contributed by atoms with van der Waals surface area (Å²) >= 11 is 6.12. The standard InChI is InChI=1S/C32H35ClF3N9O5/c1-4-24-26(42-11-13-43(14-12-42)29(48)21-16-37-41(2)28(21)47)30(49)45-31(39-27(40-45)18-5-8-20(50-3)9-6-18)44(24)17-25(46)38-23-10-7-19(15-22(23)33)32(34,35)36/h5,7,10,15-16,20,47H,4,6,8-9,11-14,17H2,1-3H3,(H,38,46). The maximum absolute atomic E-state index is 14.2. The smallest absolute Gasteiger partial charge is 0.416 e. The number of piperazine rings is 1. The molecule has 4 heterocycles. The number of hydrogen-bond acceptors (Lipinski definition) is 9. The minimum atomic E-state index is -4.61. The Balaban J connectivity index is 1.35. The number of anilines is 2. The number of aryl methyl sites for hydroxylation is 1. The van der Waals surface area contributed by atoms with Gasteiger partial charge < -0.3 is 29.5 Å². The first-order valence-corrected chi connectivity index (χ1v) is 16.3. The van der Waals surface area contributed by atoms with Crippen molar-refractivity contribution in [1.82, 2.24) is 33.8 Å². The van der Waals surface area contributed by atoms with Crippen molar-refractivity contribution in [3.8, 4) is 5.88 Å². The molecule has 6 rings (SSSR count). The van der Waals surface area contributed by atoms with Crippen molar-refractivity contribution in [3.05, 3.63) is 68.5 Å². The lowest BCUT2D eigenvalue weighted by Gasteiger charge is -2.36. The monoisotopic (exact) mass is 717 g/mol. The van der Waals surface area contributed by atoms with Gasteiger partial charge in [-0.15, -0.1) is 5.10 Å². The maximum Gasteiger partial charge on any atom is 0.416 e. The van der Waals surface area contributed by atoms with E-state index in [-0.39, 0.29) is 72.4 Å². The molecule has 2 aliphatic rings. The summed E-state index contributed by atoms with van der Waals surface area (Å²) in [5.41, 5.74) is 0.254. The normalized spacial score (nSPS) is 16.9. The van der Waals surface area contributed by atoms with Crippen LogP contribution in [-0.4, -0.2) is 90.2 Å². The number of nitrogens with one attached hydrogen (secondary N) is 1. The number of benzene rings is 1. The minimum Gasteiger partial charge on any atom is -0.493 e. The molecule has 266 valence electrons. The number of amides is 2. The van der Waals surface area contributed by atoms with Crippen molar-refractivity contribution in [2.75, 3.05) is 43.5 Å². The van der Waals surface area contributed by atoms with Crippen molar-refractivity contribution in [2.24, 2.45) is 7.05 Å². The van der Waals surface area contributed by atoms with Gasteiger partial charge in [-0.2, -0.15) is 27.8 Å². The first-order chi connectivity index (χ1) is 23.8. The lowest BCUT2D eigenvalue weighted by atomic mass is 9.97. The fraction of sp³-hybridized carbons (Fsp3) is 0.438. The van der Waals surface area contributed by atoms with Gasteiger partial charge in [0.2, 0.25) is 17.6 Å². The van der Waals surface area contributed by atoms with Gasteiger partial charge in [0.25, 0.3) is 11.5 Å². The number of alkyl halides is 3. The molecule has 1 atom stereocenters. The first-order valence-electron chi connectivity index (χ1n) is 16.0. The van der Waals surface area contributed by atoms with Crippen molar-refractivity contribution < 1.29 is 32.6 Å². The number of ether oxygens (including phenoxy) is 1. The van der Waals surface area contributed by atoms with E-state index < -0.39 is 29.1 Å². The highest BCUT2D eigenvalue weighted by molar-refractivity contribution is 6.33. The van der Waals surface area contributed by atoms with Gasteiger partial charge in [0.1, 0.15) is 17.8 Å². The van der Waals surface area contributed by atoms with E-state index in [0.717, 1.165) is 34.7 Å². The molecule has 2 N–H and O–H groups in total. The molecule has 18 heteroatoms. The second-order valence-electron chi connectivity index (χ2n) is 12.1. The summed E-state index contributed by atoms with van der Waals surface area (Å²) in [6.45, 7) is 2.46. The Kier molecular flexibility index (Phi) is 9.63. The van der Waals surface area contributed by atoms with Crippen LogP contribution >= 0.6 is 11.6 Å². The average molecular weight is 718 g/mol. The summed E-state index contributed by atoms with van der Waals surface area (Å²) in [6.07, 6.45) is 1.03. The molecular weight excluding hydrogens is 683 g/mol. The predicted octanol–water partition coefficient (Wildman–Crippen LogP) is 3.75. The number of aromatic hydroxyl groups is 1. The number of carbonyl (C=O) groups excluding carboxylic acids is 2. The Hall–Kier alpha value is -4.90. The highest BCUT2D eigenvalue weighted by atomic mass is 35.5. The fourth-order valence-electron chi connectivity index (χ4n) is 6.30. The molecule has 50 heavy (non-hydrogen) atoms. The second kappa shape index (κ2) is 13.8. The first kappa shape index (κ1) is 34.9. The molecule has 2 amide bonds. The molecule has 1 aromatic carbocycles. The molecule has 0 spiro atoms. The van der Waals surface area contributed by atoms with Crippen LogP contribution in [0.15, 0.2) is 35.3 Å². The Bertz CT molecular complexity index is 2050. The van der Waals surface area contributed by atoms with E-state index in [1.807, 2.05) is 17.9 Å². The van der Waals surface area contributed by atoms with Crippen LogP contribution in [0.25, 0.3) is 11.4 Å². The van der Waals surface area contributed by atoms with Gasteiger partial charge in [-0.1, -0.05) is 24.6 Å². The number of rotatable bonds is 8. The zero-order valence-corrected chi connectivity index (χ0v) is 28.3. The summed E-state index contributed by atoms with van der Waals surface area (Å²) in [7, 11) is 3.17. The molecule has 1 aliphatic carbocycles. The van der Waals surface area contributed by atoms with Crippen LogP contribution in [0.1, 0.15) is 53.6 Å². The van der Waals surface area contributed by atoms with Gasteiger partial charge in [-0.05, 0) is 49.5 Å². The highest BCUT2D eigenvalue weighted by Gasteiger charge is 2.32. The van der Waals surface area contributed by atoms with E-state index in [1.165, 1.54) is 17.9 Å². The lowest BCUT2D eigenvalue weighted by molar-refractivity contribution is -0.137. The number of hydrogen-bond donors (Lipinski definition) is 2. The van der Waals surface area contributed by atoms with Crippen LogP contribution in [0.2, 0.25) is 5.02 Å². The molecule has 14 nitrogen and oxygen atoms in total. The van der Waals surface area contributed by atoms with Gasteiger partial charge >= 0.3 is 6.18 Å². The van der Waals surface area contributed by atoms with Crippen molar-refractivity contribution in [2.45, 2.75) is 51.4 Å². The van der Waals surface area contributed by atoms with Crippen LogP contribution < -0.4 is 15.8 Å². The number of methoxy groups -OCH3 is 1. The van der Waals surface area contributed by atoms with Crippen LogP contribution in [0, 0.1) is 0 Å². The quantitative estimate of drug-likeness (QED) is 0.278. The SMILES string of the molecule is CCc1c(N2CCN(C(=O)c3cnn(C)c3O)CC2)c(=O)n2nc(C3=CCC(OC)CC3)nc2n1CC(=O)Nc1ccc(C(F)(F)F)cc1Cl. The van der Waals surface area contributed by atoms with Crippen LogP contribution in [0.4, 0.5) is 24.5 Å². The molecule has 3 aromatic heterocycles. The Labute approximate surface area is 288 Å². The van der Waals surface area contributed by atoms with E-state index in [2.05, 4.69) is 15.5 Å². The molecule has 1 fully saturated rings. The number of fused-ring (bicyclic) bond motifs is 1. The number of allylic oxidation sites excluding steroid dienone is 1. The largest absolute Gasteiger partial charge is 0.493 e. The van der Waals surface area contributed by atoms with Gasteiger partial charge in [0, 0.05) is 40.3 Å². The summed E-state index contributed by atoms with van der Waals surface area (Å²) < 4.78 is 49.0. The van der Waals surface area contributed by atoms with Gasteiger partial charge in [0.15, 0.2) is 5.82 Å². The van der Waals surface area contributed by atoms with Gasteiger partial charge in [0.05, 0.1) is 34.3 Å². The minimum absolute atomic E-state index is 0.0114. The summed E-state index contributed by atoms with van der Waals surface area (Å²) in [6, 6.07) is 2.65. The molecule has 0 bridgehead atoms. The van der Waals surface area contributed by atoms with E-state index in [4.69, 9.17) is 21.3 Å². The average Bonchev–Trinajstić information content (AvgIpc) is 3.69. The number of halogens is 4. The topological polar surface area (TPSA) is 152 Å². The molecule has 0 saturated carbocycles. The number of aromatic nitrogens is 6. The van der Waals surface area contributed by atoms with Crippen molar-refractivity contribution in [3.63, 3.8) is 0 Å². The molecule has 1 aliphatic heterocycles. The van der Waals surface area contributed by atoms with Crippen molar-refractivity contribution >= 4 is 46.1 Å². The number of carbonyl (C=O) groups is 2. The Morgan fingerprint density at radius 3 is 2.50 bits per heavy atom. The predicted molar refractivity (Wildman–Crippen MR) is 177 cm³/mol. The zero-order chi connectivity index (χ0) is 35.9. The number of nitrogens with zero attached hydrogens (tertiary/aromatic N) is 8. The maximum atomic E-state index is 14.2. The molecule has 4 aromatic rings. The summed E-state index contributed by atoms with van der Waals surface area (Å²) in [5, 5.41) is 21.1. The molecule has 1 saturated heterocycles. The third kappa shape index (κ3) is 6.66. The van der Waals surface area contributed by atoms with Crippen molar-refractivity contribution in [1.29, 1.82) is 0 Å². The molecule has 0 radical (unpaired) electrons. The fourth-order valence-corrected chi connectivity index (χ4v) is 6.53. The van der Waals surface area contributed by atoms with E-state index >= 15 is 0 Å². The Morgan fingerprint density at radius 2 is 1.92 bits per heavy atom. The Morgan fingerprint density at radius 1 is 1.18 bits per heavy atom. The summed E-state index contributed by atoms with van der Waals surface area (Å²) in [5.74, 6) is -0.802. The van der Waals surface area contributed by atoms with Gasteiger partial charge in [-0.3, -0.25) is 14.4 Å². The van der Waals surface area contributed by atoms with Crippen LogP contribution in [0.5, 0.6) is 5.88 Å². The third-order valence-electron chi connectivity index (χ3n) is 9.04. The van der Waals surface area contributed by atoms with Gasteiger partial charge in [-0.25, -0.2) is 4.68 Å². The molecule has 1 unspecified atom stereocenters. The van der Waals surface area contributed by atoms with E-state index in [0.29, 0.717) is 30.8 Å². The van der Waals surface area contributed by atoms with Crippen LogP contribution in [-0.2, 0) is 35.7 Å². The second-order valence-corrected chi connectivity index (χ2v) is 12.5. The van der Waals surface area contributed by atoms with E-state index in [1.54, 1.807) is 16.6 Å². The zero-order valence-electron chi connectivity index (χ0n) is 27.5. The molecular formula is C32H35ClF3N9O5. The van der Waals surface area contributed by atoms with E-state index in [9.17, 15) is 32.7 Å². The van der Waals surface area contributed by atoms with Crippen LogP contribution in [0.3, 0.4) is 0 Å². The highest BCUT2D eigenvalue weighted by Crippen LogP contribution is 2.34. The lowest BCUT2D eigenvalue weighted by Crippen LogP contribution is -2.50.